The number of carbonyl (C=O) groups excluding carboxylic acids is 1. The topological polar surface area (TPSA) is 68.5 Å². The summed E-state index contributed by atoms with van der Waals surface area (Å²) in [6, 6.07) is 8.29. The van der Waals surface area contributed by atoms with Crippen LogP contribution >= 0.6 is 0 Å². The average molecular weight is 275 g/mol. The smallest absolute Gasteiger partial charge is 0.336 e. The van der Waals surface area contributed by atoms with E-state index in [1.54, 1.807) is 24.3 Å². The number of nitrogens with one attached hydrogen (secondary N) is 1. The first-order valence-electron chi connectivity index (χ1n) is 6.54. The van der Waals surface area contributed by atoms with Crippen molar-refractivity contribution in [2.75, 3.05) is 6.61 Å². The summed E-state index contributed by atoms with van der Waals surface area (Å²) in [5.74, 6) is 0.320. The number of amides is 1. The highest BCUT2D eigenvalue weighted by Crippen LogP contribution is 2.19. The predicted octanol–water partition coefficient (Wildman–Crippen LogP) is 2.09. The Kier molecular flexibility index (Phi) is 4.40. The van der Waals surface area contributed by atoms with E-state index in [1.807, 2.05) is 13.8 Å². The lowest BCUT2D eigenvalue weighted by Crippen LogP contribution is -2.35. The second-order valence-corrected chi connectivity index (χ2v) is 4.62. The molecule has 1 aromatic heterocycles. The number of benzene rings is 1. The molecule has 20 heavy (non-hydrogen) atoms. The van der Waals surface area contributed by atoms with Gasteiger partial charge in [0.15, 0.2) is 6.61 Å². The Balaban J connectivity index is 2.03. The number of fused-ring (bicyclic) bond motifs is 1. The van der Waals surface area contributed by atoms with Gasteiger partial charge in [0, 0.05) is 23.6 Å². The predicted molar refractivity (Wildman–Crippen MR) is 75.9 cm³/mol. The molecule has 0 spiro atoms. The quantitative estimate of drug-likeness (QED) is 0.848. The second-order valence-electron chi connectivity index (χ2n) is 4.62. The standard InChI is InChI=1S/C15H17NO4/c1-3-10(2)16-14(17)9-19-12-6-4-11-5-7-15(18)20-13(11)8-12/h4-8,10H,3,9H2,1-2H3,(H,16,17). The first-order valence-corrected chi connectivity index (χ1v) is 6.54. The van der Waals surface area contributed by atoms with Crippen LogP contribution in [0.3, 0.4) is 0 Å². The maximum absolute atomic E-state index is 11.6. The molecule has 0 fully saturated rings. The van der Waals surface area contributed by atoms with Crippen molar-refractivity contribution in [3.05, 3.63) is 40.8 Å². The summed E-state index contributed by atoms with van der Waals surface area (Å²) in [5.41, 5.74) is 0.0292. The van der Waals surface area contributed by atoms with Gasteiger partial charge in [0.25, 0.3) is 5.91 Å². The van der Waals surface area contributed by atoms with Gasteiger partial charge in [-0.3, -0.25) is 4.79 Å². The number of ether oxygens (including phenoxy) is 1. The molecule has 0 aliphatic rings. The summed E-state index contributed by atoms with van der Waals surface area (Å²) in [6.07, 6.45) is 0.868. The van der Waals surface area contributed by atoms with E-state index in [2.05, 4.69) is 5.32 Å². The van der Waals surface area contributed by atoms with Crippen LogP contribution in [0.1, 0.15) is 20.3 Å². The van der Waals surface area contributed by atoms with Gasteiger partial charge in [-0.15, -0.1) is 0 Å². The molecule has 0 saturated carbocycles. The first-order chi connectivity index (χ1) is 9.58. The molecule has 1 atom stereocenters. The molecule has 0 aliphatic heterocycles. The summed E-state index contributed by atoms with van der Waals surface area (Å²) in [7, 11) is 0. The van der Waals surface area contributed by atoms with Gasteiger partial charge < -0.3 is 14.5 Å². The Bertz CT molecular complexity index is 662. The molecule has 1 amide bonds. The van der Waals surface area contributed by atoms with Crippen LogP contribution in [-0.2, 0) is 4.79 Å². The molecule has 1 heterocycles. The molecule has 0 saturated heterocycles. The number of hydrogen-bond donors (Lipinski definition) is 1. The van der Waals surface area contributed by atoms with Crippen molar-refractivity contribution in [1.29, 1.82) is 0 Å². The third kappa shape index (κ3) is 3.60. The summed E-state index contributed by atoms with van der Waals surface area (Å²) in [6.45, 7) is 3.87. The fourth-order valence-electron chi connectivity index (χ4n) is 1.70. The van der Waals surface area contributed by atoms with Gasteiger partial charge in [-0.25, -0.2) is 4.79 Å². The van der Waals surface area contributed by atoms with Crippen molar-refractivity contribution >= 4 is 16.9 Å². The highest BCUT2D eigenvalue weighted by Gasteiger charge is 2.07. The summed E-state index contributed by atoms with van der Waals surface area (Å²) in [5, 5.41) is 3.62. The molecule has 5 heteroatoms. The Morgan fingerprint density at radius 1 is 1.35 bits per heavy atom. The largest absolute Gasteiger partial charge is 0.484 e. The zero-order chi connectivity index (χ0) is 14.5. The van der Waals surface area contributed by atoms with E-state index in [4.69, 9.17) is 9.15 Å². The van der Waals surface area contributed by atoms with Crippen molar-refractivity contribution in [1.82, 2.24) is 5.32 Å². The molecule has 1 aromatic carbocycles. The van der Waals surface area contributed by atoms with Gasteiger partial charge in [0.2, 0.25) is 0 Å². The van der Waals surface area contributed by atoms with Crippen LogP contribution in [0.5, 0.6) is 5.75 Å². The van der Waals surface area contributed by atoms with Crippen LogP contribution in [0.4, 0.5) is 0 Å². The SMILES string of the molecule is CCC(C)NC(=O)COc1ccc2ccc(=O)oc2c1. The van der Waals surface area contributed by atoms with E-state index in [1.165, 1.54) is 6.07 Å². The zero-order valence-electron chi connectivity index (χ0n) is 11.5. The van der Waals surface area contributed by atoms with Crippen LogP contribution in [0.2, 0.25) is 0 Å². The van der Waals surface area contributed by atoms with Crippen molar-refractivity contribution in [3.63, 3.8) is 0 Å². The van der Waals surface area contributed by atoms with Crippen LogP contribution in [0.25, 0.3) is 11.0 Å². The van der Waals surface area contributed by atoms with Crippen molar-refractivity contribution in [2.45, 2.75) is 26.3 Å². The van der Waals surface area contributed by atoms with Crippen LogP contribution in [0.15, 0.2) is 39.5 Å². The lowest BCUT2D eigenvalue weighted by molar-refractivity contribution is -0.123. The van der Waals surface area contributed by atoms with E-state index < -0.39 is 5.63 Å². The van der Waals surface area contributed by atoms with Gasteiger partial charge in [-0.2, -0.15) is 0 Å². The van der Waals surface area contributed by atoms with Gasteiger partial charge in [-0.05, 0) is 31.5 Å². The third-order valence-electron chi connectivity index (χ3n) is 2.98. The minimum atomic E-state index is -0.413. The van der Waals surface area contributed by atoms with Crippen molar-refractivity contribution in [2.24, 2.45) is 0 Å². The molecule has 5 nitrogen and oxygen atoms in total. The molecule has 2 aromatic rings. The maximum Gasteiger partial charge on any atom is 0.336 e. The molecule has 1 N–H and O–H groups in total. The Morgan fingerprint density at radius 2 is 2.10 bits per heavy atom. The van der Waals surface area contributed by atoms with E-state index in [0.717, 1.165) is 11.8 Å². The van der Waals surface area contributed by atoms with Crippen molar-refractivity contribution < 1.29 is 13.9 Å². The monoisotopic (exact) mass is 275 g/mol. The molecule has 0 bridgehead atoms. The number of rotatable bonds is 5. The molecule has 106 valence electrons. The molecular formula is C15H17NO4. The average Bonchev–Trinajstić information content (AvgIpc) is 2.44. The number of carbonyl (C=O) groups is 1. The third-order valence-corrected chi connectivity index (χ3v) is 2.98. The minimum Gasteiger partial charge on any atom is -0.484 e. The van der Waals surface area contributed by atoms with Crippen molar-refractivity contribution in [3.8, 4) is 5.75 Å². The van der Waals surface area contributed by atoms with E-state index in [0.29, 0.717) is 11.3 Å². The molecule has 0 aliphatic carbocycles. The lowest BCUT2D eigenvalue weighted by Gasteiger charge is -2.12. The molecule has 1 unspecified atom stereocenters. The lowest BCUT2D eigenvalue weighted by atomic mass is 10.2. The van der Waals surface area contributed by atoms with E-state index >= 15 is 0 Å². The minimum absolute atomic E-state index is 0.0626. The zero-order valence-corrected chi connectivity index (χ0v) is 11.5. The summed E-state index contributed by atoms with van der Waals surface area (Å²) < 4.78 is 10.4. The maximum atomic E-state index is 11.6. The van der Waals surface area contributed by atoms with E-state index in [-0.39, 0.29) is 18.6 Å². The fraction of sp³-hybridized carbons (Fsp3) is 0.333. The number of hydrogen-bond acceptors (Lipinski definition) is 4. The van der Waals surface area contributed by atoms with Gasteiger partial charge in [0.1, 0.15) is 11.3 Å². The van der Waals surface area contributed by atoms with Crippen LogP contribution in [0, 0.1) is 0 Å². The van der Waals surface area contributed by atoms with Crippen LogP contribution < -0.4 is 15.7 Å². The summed E-state index contributed by atoms with van der Waals surface area (Å²) >= 11 is 0. The van der Waals surface area contributed by atoms with Gasteiger partial charge in [0.05, 0.1) is 0 Å². The molecule has 2 rings (SSSR count). The molecular weight excluding hydrogens is 258 g/mol. The fourth-order valence-corrected chi connectivity index (χ4v) is 1.70. The highest BCUT2D eigenvalue weighted by atomic mass is 16.5. The van der Waals surface area contributed by atoms with E-state index in [9.17, 15) is 9.59 Å². The highest BCUT2D eigenvalue weighted by molar-refractivity contribution is 5.79. The van der Waals surface area contributed by atoms with Gasteiger partial charge >= 0.3 is 5.63 Å². The Morgan fingerprint density at radius 3 is 2.85 bits per heavy atom. The van der Waals surface area contributed by atoms with Crippen LogP contribution in [-0.4, -0.2) is 18.6 Å². The summed E-state index contributed by atoms with van der Waals surface area (Å²) in [4.78, 5) is 22.7. The second kappa shape index (κ2) is 6.23. The Labute approximate surface area is 116 Å². The molecule has 0 radical (unpaired) electrons. The normalized spacial score (nSPS) is 12.1. The first kappa shape index (κ1) is 14.1. The Hall–Kier alpha value is -2.30. The van der Waals surface area contributed by atoms with Gasteiger partial charge in [-0.1, -0.05) is 6.92 Å².